The third-order valence-electron chi connectivity index (χ3n) is 8.30. The second-order valence-corrected chi connectivity index (χ2v) is 14.1. The van der Waals surface area contributed by atoms with Gasteiger partial charge in [-0.3, -0.25) is 9.59 Å². The fourth-order valence-corrected chi connectivity index (χ4v) is 6.58. The molecule has 4 rings (SSSR count). The van der Waals surface area contributed by atoms with E-state index >= 15 is 0 Å². The van der Waals surface area contributed by atoms with Crippen LogP contribution in [0.3, 0.4) is 0 Å². The first kappa shape index (κ1) is 36.0. The van der Waals surface area contributed by atoms with Crippen molar-refractivity contribution in [2.45, 2.75) is 63.2 Å². The van der Waals surface area contributed by atoms with Crippen LogP contribution < -0.4 is 10.1 Å². The maximum atomic E-state index is 14.3. The zero-order valence-corrected chi connectivity index (χ0v) is 28.1. The van der Waals surface area contributed by atoms with Gasteiger partial charge in [-0.15, -0.1) is 0 Å². The van der Waals surface area contributed by atoms with E-state index in [1.54, 1.807) is 49.4 Å². The number of amides is 2. The molecule has 0 bridgehead atoms. The second-order valence-electron chi connectivity index (χ2n) is 12.1. The van der Waals surface area contributed by atoms with E-state index in [1.807, 2.05) is 19.9 Å². The van der Waals surface area contributed by atoms with Gasteiger partial charge in [0.25, 0.3) is 11.8 Å². The van der Waals surface area contributed by atoms with Gasteiger partial charge in [0, 0.05) is 43.9 Å². The van der Waals surface area contributed by atoms with E-state index in [0.29, 0.717) is 36.4 Å². The van der Waals surface area contributed by atoms with Gasteiger partial charge in [0.2, 0.25) is 10.0 Å². The summed E-state index contributed by atoms with van der Waals surface area (Å²) in [5.74, 6) is -1.30. The first-order valence-corrected chi connectivity index (χ1v) is 17.3. The Morgan fingerprint density at radius 2 is 1.79 bits per heavy atom. The molecule has 0 aromatic heterocycles. The minimum absolute atomic E-state index is 0.0117. The molecule has 0 aliphatic carbocycles. The smallest absolute Gasteiger partial charge is 0.258 e. The third-order valence-corrected chi connectivity index (χ3v) is 10.1. The minimum Gasteiger partial charge on any atom is -0.490 e. The summed E-state index contributed by atoms with van der Waals surface area (Å²) < 4.78 is 53.9. The Bertz CT molecular complexity index is 1610. The van der Waals surface area contributed by atoms with Crippen LogP contribution >= 0.6 is 0 Å². The van der Waals surface area contributed by atoms with Crippen molar-refractivity contribution in [3.63, 3.8) is 0 Å². The van der Waals surface area contributed by atoms with Crippen molar-refractivity contribution < 1.29 is 37.0 Å². The van der Waals surface area contributed by atoms with Gasteiger partial charge in [-0.2, -0.15) is 4.31 Å². The topological polar surface area (TPSA) is 125 Å². The van der Waals surface area contributed by atoms with Crippen molar-refractivity contribution >= 4 is 27.5 Å². The zero-order chi connectivity index (χ0) is 34.1. The van der Waals surface area contributed by atoms with Gasteiger partial charge in [-0.1, -0.05) is 25.1 Å². The number of aliphatic hydroxyl groups excluding tert-OH is 1. The Hall–Kier alpha value is -3.84. The van der Waals surface area contributed by atoms with E-state index in [9.17, 15) is 27.5 Å². The number of carbonyl (C=O) groups excluding carboxylic acids is 2. The van der Waals surface area contributed by atoms with Gasteiger partial charge in [0.05, 0.1) is 35.3 Å². The molecule has 12 heteroatoms. The van der Waals surface area contributed by atoms with Crippen LogP contribution in [0.1, 0.15) is 60.7 Å². The number of hydrogen-bond donors (Lipinski definition) is 2. The molecule has 254 valence electrons. The number of nitrogens with one attached hydrogen (secondary N) is 1. The molecule has 3 aromatic rings. The molecule has 3 aromatic carbocycles. The number of halogens is 1. The number of fused-ring (bicyclic) bond motifs is 1. The number of hydrogen-bond acceptors (Lipinski definition) is 7. The van der Waals surface area contributed by atoms with Gasteiger partial charge in [0.1, 0.15) is 11.6 Å². The highest BCUT2D eigenvalue weighted by Crippen LogP contribution is 2.29. The van der Waals surface area contributed by atoms with Gasteiger partial charge in [-0.25, -0.2) is 12.8 Å². The summed E-state index contributed by atoms with van der Waals surface area (Å²) >= 11 is 0. The van der Waals surface area contributed by atoms with Crippen LogP contribution in [0.2, 0.25) is 0 Å². The average Bonchev–Trinajstić information content (AvgIpc) is 3.06. The Morgan fingerprint density at radius 3 is 2.47 bits per heavy atom. The van der Waals surface area contributed by atoms with Gasteiger partial charge in [-0.05, 0) is 87.7 Å². The number of rotatable bonds is 8. The Morgan fingerprint density at radius 1 is 1.09 bits per heavy atom. The molecule has 1 aliphatic rings. The SMILES string of the molecule is C[C@@H]1CN([C@H](C)CO)C(=O)c2cc(NC(=O)c3ccccc3)ccc2O[C@@H](C)CCCCO[C@@H]1CN(C)S(=O)(=O)c1ccc(F)cc1. The Labute approximate surface area is 276 Å². The standard InChI is InChI=1S/C35H44FN3O7S/c1-24-21-39(25(2)23-40)35(42)31-20-29(37-34(41)27-11-6-5-7-12-27)15-18-32(31)46-26(3)10-8-9-19-45-33(24)22-38(4)47(43,44)30-16-13-28(36)14-17-30/h5-7,11-18,20,24-26,33,40H,8-10,19,21-23H2,1-4H3,(H,37,41)/t24-,25-,26+,33-/m1/s1. The Balaban J connectivity index is 1.65. The van der Waals surface area contributed by atoms with Crippen LogP contribution in [0.5, 0.6) is 5.75 Å². The molecule has 0 saturated heterocycles. The number of benzene rings is 3. The lowest BCUT2D eigenvalue weighted by molar-refractivity contribution is -0.00834. The lowest BCUT2D eigenvalue weighted by Gasteiger charge is -2.35. The van der Waals surface area contributed by atoms with E-state index in [1.165, 1.54) is 28.4 Å². The molecule has 1 aliphatic heterocycles. The summed E-state index contributed by atoms with van der Waals surface area (Å²) in [4.78, 5) is 28.7. The predicted octanol–water partition coefficient (Wildman–Crippen LogP) is 5.19. The molecule has 2 N–H and O–H groups in total. The van der Waals surface area contributed by atoms with Crippen LogP contribution in [0.25, 0.3) is 0 Å². The highest BCUT2D eigenvalue weighted by Gasteiger charge is 2.32. The maximum Gasteiger partial charge on any atom is 0.258 e. The summed E-state index contributed by atoms with van der Waals surface area (Å²) in [6, 6.07) is 17.7. The van der Waals surface area contributed by atoms with Crippen molar-refractivity contribution in [1.29, 1.82) is 0 Å². The lowest BCUT2D eigenvalue weighted by atomic mass is 10.0. The third kappa shape index (κ3) is 9.38. The molecule has 0 spiro atoms. The molecule has 47 heavy (non-hydrogen) atoms. The van der Waals surface area contributed by atoms with Crippen LogP contribution in [0.15, 0.2) is 77.7 Å². The first-order valence-electron chi connectivity index (χ1n) is 15.8. The van der Waals surface area contributed by atoms with Crippen molar-refractivity contribution in [3.8, 4) is 5.75 Å². The maximum absolute atomic E-state index is 14.3. The van der Waals surface area contributed by atoms with Crippen molar-refractivity contribution in [1.82, 2.24) is 9.21 Å². The molecule has 10 nitrogen and oxygen atoms in total. The van der Waals surface area contributed by atoms with E-state index in [-0.39, 0.29) is 48.1 Å². The summed E-state index contributed by atoms with van der Waals surface area (Å²) in [7, 11) is -2.51. The van der Waals surface area contributed by atoms with E-state index in [4.69, 9.17) is 9.47 Å². The lowest BCUT2D eigenvalue weighted by Crippen LogP contribution is -2.48. The van der Waals surface area contributed by atoms with E-state index in [0.717, 1.165) is 18.6 Å². The molecule has 0 fully saturated rings. The van der Waals surface area contributed by atoms with Crippen LogP contribution in [-0.2, 0) is 14.8 Å². The Kier molecular flexibility index (Phi) is 12.5. The number of carbonyl (C=O) groups is 2. The number of likely N-dealkylation sites (N-methyl/N-ethyl adjacent to an activating group) is 1. The van der Waals surface area contributed by atoms with Crippen molar-refractivity contribution in [3.05, 3.63) is 89.7 Å². The molecule has 4 atom stereocenters. The highest BCUT2D eigenvalue weighted by atomic mass is 32.2. The normalized spacial score (nSPS) is 20.5. The number of anilines is 1. The molecule has 0 unspecified atom stereocenters. The highest BCUT2D eigenvalue weighted by molar-refractivity contribution is 7.89. The van der Waals surface area contributed by atoms with Crippen LogP contribution in [0.4, 0.5) is 10.1 Å². The first-order chi connectivity index (χ1) is 22.4. The summed E-state index contributed by atoms with van der Waals surface area (Å²) in [6.07, 6.45) is 1.31. The molecule has 0 saturated carbocycles. The number of sulfonamides is 1. The monoisotopic (exact) mass is 669 g/mol. The average molecular weight is 670 g/mol. The number of ether oxygens (including phenoxy) is 2. The zero-order valence-electron chi connectivity index (χ0n) is 27.3. The molecule has 1 heterocycles. The minimum atomic E-state index is -3.95. The summed E-state index contributed by atoms with van der Waals surface area (Å²) in [6.45, 7) is 5.68. The molecular weight excluding hydrogens is 625 g/mol. The predicted molar refractivity (Wildman–Crippen MR) is 177 cm³/mol. The quantitative estimate of drug-likeness (QED) is 0.338. The van der Waals surface area contributed by atoms with Crippen molar-refractivity contribution in [2.24, 2.45) is 5.92 Å². The number of aliphatic hydroxyl groups is 1. The van der Waals surface area contributed by atoms with Crippen LogP contribution in [-0.4, -0.2) is 86.1 Å². The second kappa shape index (κ2) is 16.3. The molecule has 0 radical (unpaired) electrons. The largest absolute Gasteiger partial charge is 0.490 e. The fraction of sp³-hybridized carbons (Fsp3) is 0.429. The van der Waals surface area contributed by atoms with Crippen molar-refractivity contribution in [2.75, 3.05) is 38.7 Å². The molecular formula is C35H44FN3O7S. The number of nitrogens with zero attached hydrogens (tertiary/aromatic N) is 2. The van der Waals surface area contributed by atoms with Crippen LogP contribution in [0, 0.1) is 11.7 Å². The van der Waals surface area contributed by atoms with Gasteiger partial charge in [0.15, 0.2) is 0 Å². The van der Waals surface area contributed by atoms with Gasteiger partial charge < -0.3 is 24.8 Å². The summed E-state index contributed by atoms with van der Waals surface area (Å²) in [5, 5.41) is 13.0. The fourth-order valence-electron chi connectivity index (χ4n) is 5.39. The van der Waals surface area contributed by atoms with E-state index < -0.39 is 33.9 Å². The van der Waals surface area contributed by atoms with Gasteiger partial charge >= 0.3 is 0 Å². The molecule has 2 amide bonds. The van der Waals surface area contributed by atoms with E-state index in [2.05, 4.69) is 5.32 Å². The summed E-state index contributed by atoms with van der Waals surface area (Å²) in [5.41, 5.74) is 1.09.